The Morgan fingerprint density at radius 2 is 2.00 bits per heavy atom. The number of hydrogen-bond acceptors (Lipinski definition) is 7. The number of ether oxygens (including phenoxy) is 1. The number of nitrogens with zero attached hydrogens (tertiary/aromatic N) is 2. The van der Waals surface area contributed by atoms with Gasteiger partial charge in [0.1, 0.15) is 22.7 Å². The third-order valence-corrected chi connectivity index (χ3v) is 5.47. The number of alkyl halides is 3. The van der Waals surface area contributed by atoms with Crippen LogP contribution in [0.25, 0.3) is 0 Å². The molecule has 190 valence electrons. The van der Waals surface area contributed by atoms with Crippen molar-refractivity contribution >= 4 is 29.3 Å². The second-order valence-electron chi connectivity index (χ2n) is 8.48. The summed E-state index contributed by atoms with van der Waals surface area (Å²) < 4.78 is 46.4. The molecule has 0 radical (unpaired) electrons. The third-order valence-electron chi connectivity index (χ3n) is 5.47. The van der Waals surface area contributed by atoms with E-state index >= 15 is 0 Å². The van der Waals surface area contributed by atoms with Crippen molar-refractivity contribution in [3.05, 3.63) is 35.5 Å². The van der Waals surface area contributed by atoms with Crippen LogP contribution in [-0.4, -0.2) is 45.6 Å². The van der Waals surface area contributed by atoms with Gasteiger partial charge in [0.15, 0.2) is 0 Å². The van der Waals surface area contributed by atoms with E-state index in [1.54, 1.807) is 6.92 Å². The number of halogens is 3. The van der Waals surface area contributed by atoms with Crippen LogP contribution in [-0.2, 0) is 11.0 Å². The minimum atomic E-state index is -4.71. The van der Waals surface area contributed by atoms with Gasteiger partial charge in [0.2, 0.25) is 11.9 Å². The molecule has 1 aromatic carbocycles. The fraction of sp³-hybridized carbons (Fsp3) is 0.478. The van der Waals surface area contributed by atoms with Crippen molar-refractivity contribution in [2.75, 3.05) is 17.2 Å². The zero-order valence-electron chi connectivity index (χ0n) is 19.6. The van der Waals surface area contributed by atoms with Crippen LogP contribution in [0.1, 0.15) is 56.0 Å². The number of aromatic carboxylic acids is 1. The van der Waals surface area contributed by atoms with Crippen LogP contribution in [0.3, 0.4) is 0 Å². The first-order valence-corrected chi connectivity index (χ1v) is 11.3. The molecule has 35 heavy (non-hydrogen) atoms. The standard InChI is InChI=1S/C23H28F3N5O4/c1-4-35-18-10-13(8-9-15(18)21(33)34)29-22-27-11-16(23(24,25)26)19(31-22)30-17-7-5-6-14(17)20(32)28-12(2)3/h8-12,14,17H,4-7H2,1-3H3,(H,28,32)(H,33,34)(H2,27,29,30,31)/t14-,17+/m1/s1. The second-order valence-corrected chi connectivity index (χ2v) is 8.48. The summed E-state index contributed by atoms with van der Waals surface area (Å²) in [5.74, 6) is -2.34. The lowest BCUT2D eigenvalue weighted by molar-refractivity contribution is -0.137. The van der Waals surface area contributed by atoms with Gasteiger partial charge in [-0.25, -0.2) is 9.78 Å². The van der Waals surface area contributed by atoms with Crippen LogP contribution < -0.4 is 20.7 Å². The highest BCUT2D eigenvalue weighted by molar-refractivity contribution is 5.91. The van der Waals surface area contributed by atoms with E-state index in [0.717, 1.165) is 0 Å². The van der Waals surface area contributed by atoms with Gasteiger partial charge < -0.3 is 25.8 Å². The van der Waals surface area contributed by atoms with Crippen molar-refractivity contribution in [2.45, 2.75) is 58.3 Å². The van der Waals surface area contributed by atoms with E-state index in [2.05, 4.69) is 25.9 Å². The minimum absolute atomic E-state index is 0.0555. The minimum Gasteiger partial charge on any atom is -0.493 e. The Labute approximate surface area is 200 Å². The highest BCUT2D eigenvalue weighted by Crippen LogP contribution is 2.37. The Bertz CT molecular complexity index is 1080. The van der Waals surface area contributed by atoms with Gasteiger partial charge in [-0.05, 0) is 45.7 Å². The van der Waals surface area contributed by atoms with Crippen molar-refractivity contribution in [1.82, 2.24) is 15.3 Å². The summed E-state index contributed by atoms with van der Waals surface area (Å²) in [4.78, 5) is 31.7. The maximum Gasteiger partial charge on any atom is 0.421 e. The maximum absolute atomic E-state index is 13.7. The zero-order valence-corrected chi connectivity index (χ0v) is 19.6. The smallest absolute Gasteiger partial charge is 0.421 e. The molecule has 3 rings (SSSR count). The average Bonchev–Trinajstić information content (AvgIpc) is 3.21. The number of amides is 1. The van der Waals surface area contributed by atoms with Crippen LogP contribution >= 0.6 is 0 Å². The molecule has 4 N–H and O–H groups in total. The first-order valence-electron chi connectivity index (χ1n) is 11.3. The molecule has 0 bridgehead atoms. The van der Waals surface area contributed by atoms with Gasteiger partial charge in [0.05, 0.1) is 12.5 Å². The summed E-state index contributed by atoms with van der Waals surface area (Å²) in [7, 11) is 0. The number of rotatable bonds is 9. The van der Waals surface area contributed by atoms with Crippen LogP contribution in [0, 0.1) is 5.92 Å². The molecular weight excluding hydrogens is 467 g/mol. The number of carboxylic acid groups (broad SMARTS) is 1. The molecule has 1 aromatic heterocycles. The van der Waals surface area contributed by atoms with E-state index in [1.165, 1.54) is 18.2 Å². The fourth-order valence-corrected chi connectivity index (χ4v) is 3.95. The van der Waals surface area contributed by atoms with Gasteiger partial charge in [-0.2, -0.15) is 18.2 Å². The molecule has 0 spiro atoms. The summed E-state index contributed by atoms with van der Waals surface area (Å²) in [5.41, 5.74) is -0.770. The molecule has 9 nitrogen and oxygen atoms in total. The summed E-state index contributed by atoms with van der Waals surface area (Å²) in [6, 6.07) is 3.55. The number of nitrogens with one attached hydrogen (secondary N) is 3. The van der Waals surface area contributed by atoms with Crippen molar-refractivity contribution in [1.29, 1.82) is 0 Å². The van der Waals surface area contributed by atoms with E-state index in [0.29, 0.717) is 31.1 Å². The quantitative estimate of drug-likeness (QED) is 0.402. The summed E-state index contributed by atoms with van der Waals surface area (Å²) in [6.45, 7) is 5.56. The van der Waals surface area contributed by atoms with Crippen molar-refractivity contribution in [3.63, 3.8) is 0 Å². The Balaban J connectivity index is 1.89. The normalized spacial score (nSPS) is 17.8. The Kier molecular flexibility index (Phi) is 8.03. The lowest BCUT2D eigenvalue weighted by Crippen LogP contribution is -2.41. The monoisotopic (exact) mass is 495 g/mol. The Morgan fingerprint density at radius 3 is 2.63 bits per heavy atom. The molecule has 0 unspecified atom stereocenters. The van der Waals surface area contributed by atoms with E-state index in [4.69, 9.17) is 4.74 Å². The predicted octanol–water partition coefficient (Wildman–Crippen LogP) is 4.44. The van der Waals surface area contributed by atoms with Gasteiger partial charge in [-0.1, -0.05) is 6.42 Å². The second kappa shape index (κ2) is 10.8. The van der Waals surface area contributed by atoms with E-state index in [9.17, 15) is 27.9 Å². The number of hydrogen-bond donors (Lipinski definition) is 4. The van der Waals surface area contributed by atoms with Gasteiger partial charge in [0, 0.05) is 30.0 Å². The first kappa shape index (κ1) is 26.0. The van der Waals surface area contributed by atoms with Gasteiger partial charge in [0.25, 0.3) is 0 Å². The highest BCUT2D eigenvalue weighted by Gasteiger charge is 2.39. The number of carboxylic acids is 1. The summed E-state index contributed by atoms with van der Waals surface area (Å²) >= 11 is 0. The molecular formula is C23H28F3N5O4. The molecule has 1 aliphatic rings. The molecule has 1 aliphatic carbocycles. The van der Waals surface area contributed by atoms with E-state index in [-0.39, 0.29) is 35.8 Å². The van der Waals surface area contributed by atoms with Crippen LogP contribution in [0.15, 0.2) is 24.4 Å². The molecule has 0 aliphatic heterocycles. The van der Waals surface area contributed by atoms with Crippen LogP contribution in [0.4, 0.5) is 30.6 Å². The lowest BCUT2D eigenvalue weighted by atomic mass is 10.0. The molecule has 1 amide bonds. The van der Waals surface area contributed by atoms with Gasteiger partial charge in [-0.3, -0.25) is 4.79 Å². The molecule has 1 saturated carbocycles. The predicted molar refractivity (Wildman–Crippen MR) is 123 cm³/mol. The molecule has 1 fully saturated rings. The van der Waals surface area contributed by atoms with Crippen molar-refractivity contribution in [3.8, 4) is 5.75 Å². The Hall–Kier alpha value is -3.57. The number of benzene rings is 1. The summed E-state index contributed by atoms with van der Waals surface area (Å²) in [6.07, 6.45) is -2.26. The highest BCUT2D eigenvalue weighted by atomic mass is 19.4. The third kappa shape index (κ3) is 6.52. The SMILES string of the molecule is CCOc1cc(Nc2ncc(C(F)(F)F)c(N[C@H]3CCC[C@H]3C(=O)NC(C)C)n2)ccc1C(=O)O. The number of carbonyl (C=O) groups excluding carboxylic acids is 1. The molecule has 12 heteroatoms. The van der Waals surface area contributed by atoms with Crippen LogP contribution in [0.2, 0.25) is 0 Å². The fourth-order valence-electron chi connectivity index (χ4n) is 3.95. The average molecular weight is 496 g/mol. The summed E-state index contributed by atoms with van der Waals surface area (Å²) in [5, 5.41) is 17.7. The Morgan fingerprint density at radius 1 is 1.26 bits per heavy atom. The molecule has 2 atom stereocenters. The molecule has 0 saturated heterocycles. The van der Waals surface area contributed by atoms with Gasteiger partial charge in [-0.15, -0.1) is 0 Å². The molecule has 1 heterocycles. The van der Waals surface area contributed by atoms with Crippen LogP contribution in [0.5, 0.6) is 5.75 Å². The van der Waals surface area contributed by atoms with Crippen molar-refractivity contribution in [2.24, 2.45) is 5.92 Å². The number of aromatic nitrogens is 2. The largest absolute Gasteiger partial charge is 0.493 e. The maximum atomic E-state index is 13.7. The zero-order chi connectivity index (χ0) is 25.8. The number of carbonyl (C=O) groups is 2. The number of anilines is 3. The van der Waals surface area contributed by atoms with Gasteiger partial charge >= 0.3 is 12.1 Å². The van der Waals surface area contributed by atoms with Crippen molar-refractivity contribution < 1.29 is 32.6 Å². The topological polar surface area (TPSA) is 125 Å². The molecule has 2 aromatic rings. The van der Waals surface area contributed by atoms with E-state index in [1.807, 2.05) is 13.8 Å². The lowest BCUT2D eigenvalue weighted by Gasteiger charge is -2.24. The van der Waals surface area contributed by atoms with E-state index < -0.39 is 35.5 Å². The first-order chi connectivity index (χ1) is 16.5.